The number of nitrogens with zero attached hydrogens (tertiary/aromatic N) is 4. The fourth-order valence-corrected chi connectivity index (χ4v) is 5.66. The zero-order chi connectivity index (χ0) is 29.1. The standard InChI is InChI=1S/C33H36ClN7O/c1-35-28-14-12-25(13-15-28)22-36-32(42)20-29(19-24-8-3-2-4-9-24)38-30-21-31(41-16-5-6-17-41)40-33(39-30)37-23-26-10-7-11-27(34)18-26/h5-7,10-18,21,24,29H,2-4,8-9,19-20,22-23H2,(H,36,42)(H2,37,38,39,40)/t29-/m1/s1. The number of aromatic nitrogens is 3. The third kappa shape index (κ3) is 8.58. The second kappa shape index (κ2) is 14.5. The van der Waals surface area contributed by atoms with Gasteiger partial charge in [0.05, 0.1) is 6.57 Å². The van der Waals surface area contributed by atoms with Gasteiger partial charge in [-0.05, 0) is 47.7 Å². The Labute approximate surface area is 252 Å². The summed E-state index contributed by atoms with van der Waals surface area (Å²) in [6.45, 7) is 8.08. The molecule has 1 amide bonds. The molecule has 3 N–H and O–H groups in total. The van der Waals surface area contributed by atoms with Gasteiger partial charge >= 0.3 is 0 Å². The second-order valence-corrected chi connectivity index (χ2v) is 11.3. The van der Waals surface area contributed by atoms with Crippen LogP contribution < -0.4 is 16.0 Å². The van der Waals surface area contributed by atoms with Crippen molar-refractivity contribution in [3.05, 3.63) is 107 Å². The summed E-state index contributed by atoms with van der Waals surface area (Å²) in [6, 6.07) is 20.8. The van der Waals surface area contributed by atoms with Crippen molar-refractivity contribution >= 4 is 35.0 Å². The number of halogens is 1. The number of nitrogens with one attached hydrogen (secondary N) is 3. The van der Waals surface area contributed by atoms with E-state index < -0.39 is 0 Å². The predicted molar refractivity (Wildman–Crippen MR) is 168 cm³/mol. The minimum absolute atomic E-state index is 0.0171. The van der Waals surface area contributed by atoms with Gasteiger partial charge in [0.15, 0.2) is 5.69 Å². The van der Waals surface area contributed by atoms with Crippen LogP contribution in [0.5, 0.6) is 0 Å². The quantitative estimate of drug-likeness (QED) is 0.150. The minimum atomic E-state index is -0.0780. The van der Waals surface area contributed by atoms with Crippen LogP contribution in [0.3, 0.4) is 0 Å². The van der Waals surface area contributed by atoms with Gasteiger partial charge < -0.3 is 20.5 Å². The van der Waals surface area contributed by atoms with E-state index in [2.05, 4.69) is 20.8 Å². The summed E-state index contributed by atoms with van der Waals surface area (Å²) in [5.74, 6) is 2.46. The van der Waals surface area contributed by atoms with E-state index in [-0.39, 0.29) is 11.9 Å². The first-order valence-electron chi connectivity index (χ1n) is 14.5. The number of carbonyl (C=O) groups excluding carboxylic acids is 1. The molecular weight excluding hydrogens is 546 g/mol. The summed E-state index contributed by atoms with van der Waals surface area (Å²) in [7, 11) is 0. The van der Waals surface area contributed by atoms with Crippen LogP contribution in [0.2, 0.25) is 5.02 Å². The Balaban J connectivity index is 1.31. The lowest BCUT2D eigenvalue weighted by molar-refractivity contribution is -0.121. The van der Waals surface area contributed by atoms with Crippen LogP contribution in [0.1, 0.15) is 56.1 Å². The Hall–Kier alpha value is -4.35. The summed E-state index contributed by atoms with van der Waals surface area (Å²) >= 11 is 6.18. The molecule has 216 valence electrons. The maximum Gasteiger partial charge on any atom is 0.226 e. The molecule has 2 heterocycles. The van der Waals surface area contributed by atoms with E-state index in [0.29, 0.717) is 47.9 Å². The Morgan fingerprint density at radius 3 is 2.50 bits per heavy atom. The molecule has 2 aromatic carbocycles. The normalized spacial score (nSPS) is 14.1. The summed E-state index contributed by atoms with van der Waals surface area (Å²) in [5, 5.41) is 10.7. The molecule has 9 heteroatoms. The highest BCUT2D eigenvalue weighted by Crippen LogP contribution is 2.29. The van der Waals surface area contributed by atoms with Crippen molar-refractivity contribution < 1.29 is 4.79 Å². The first kappa shape index (κ1) is 29.2. The summed E-state index contributed by atoms with van der Waals surface area (Å²) in [6.07, 6.45) is 11.3. The van der Waals surface area contributed by atoms with Gasteiger partial charge in [0.25, 0.3) is 0 Å². The third-order valence-corrected chi connectivity index (χ3v) is 7.84. The Morgan fingerprint density at radius 1 is 0.976 bits per heavy atom. The van der Waals surface area contributed by atoms with Crippen molar-refractivity contribution in [3.8, 4) is 5.82 Å². The van der Waals surface area contributed by atoms with Crippen LogP contribution in [0, 0.1) is 12.5 Å². The van der Waals surface area contributed by atoms with Crippen molar-refractivity contribution in [2.75, 3.05) is 10.6 Å². The van der Waals surface area contributed by atoms with E-state index in [1.54, 1.807) is 12.1 Å². The lowest BCUT2D eigenvalue weighted by Gasteiger charge is -2.27. The van der Waals surface area contributed by atoms with Crippen LogP contribution >= 0.6 is 11.6 Å². The number of amides is 1. The average Bonchev–Trinajstić information content (AvgIpc) is 3.55. The molecular formula is C33H36ClN7O. The molecule has 1 saturated carbocycles. The molecule has 0 spiro atoms. The van der Waals surface area contributed by atoms with Gasteiger partial charge in [0.2, 0.25) is 11.9 Å². The van der Waals surface area contributed by atoms with Gasteiger partial charge in [-0.25, -0.2) is 4.85 Å². The Kier molecular flexibility index (Phi) is 10.1. The fraction of sp³-hybridized carbons (Fsp3) is 0.333. The van der Waals surface area contributed by atoms with Crippen molar-refractivity contribution in [3.63, 3.8) is 0 Å². The van der Waals surface area contributed by atoms with Crippen LogP contribution in [0.4, 0.5) is 17.5 Å². The summed E-state index contributed by atoms with van der Waals surface area (Å²) in [5.41, 5.74) is 2.59. The van der Waals surface area contributed by atoms with E-state index in [0.717, 1.165) is 23.4 Å². The summed E-state index contributed by atoms with van der Waals surface area (Å²) in [4.78, 5) is 26.1. The molecule has 0 unspecified atom stereocenters. The third-order valence-electron chi connectivity index (χ3n) is 7.60. The highest BCUT2D eigenvalue weighted by molar-refractivity contribution is 6.30. The molecule has 1 aliphatic carbocycles. The zero-order valence-electron chi connectivity index (χ0n) is 23.6. The van der Waals surface area contributed by atoms with Crippen molar-refractivity contribution in [1.82, 2.24) is 19.9 Å². The van der Waals surface area contributed by atoms with E-state index in [4.69, 9.17) is 28.1 Å². The summed E-state index contributed by atoms with van der Waals surface area (Å²) < 4.78 is 1.94. The van der Waals surface area contributed by atoms with Crippen LogP contribution in [-0.4, -0.2) is 26.5 Å². The average molecular weight is 582 g/mol. The van der Waals surface area contributed by atoms with Crippen molar-refractivity contribution in [1.29, 1.82) is 0 Å². The molecule has 0 radical (unpaired) electrons. The first-order valence-corrected chi connectivity index (χ1v) is 14.9. The van der Waals surface area contributed by atoms with Crippen LogP contribution in [0.15, 0.2) is 79.1 Å². The fourth-order valence-electron chi connectivity index (χ4n) is 5.45. The SMILES string of the molecule is [C-]#[N+]c1ccc(CNC(=O)C[C@@H](CC2CCCCC2)Nc2cc(-n3cccc3)nc(NCc3cccc(Cl)c3)n2)cc1. The lowest BCUT2D eigenvalue weighted by Crippen LogP contribution is -2.33. The number of carbonyl (C=O) groups is 1. The molecule has 0 aliphatic heterocycles. The minimum Gasteiger partial charge on any atom is -0.367 e. The van der Waals surface area contributed by atoms with Gasteiger partial charge in [0.1, 0.15) is 11.6 Å². The lowest BCUT2D eigenvalue weighted by atomic mass is 9.84. The largest absolute Gasteiger partial charge is 0.367 e. The van der Waals surface area contributed by atoms with E-state index in [1.165, 1.54) is 32.1 Å². The second-order valence-electron chi connectivity index (χ2n) is 10.8. The molecule has 5 rings (SSSR count). The molecule has 8 nitrogen and oxygen atoms in total. The van der Waals surface area contributed by atoms with Crippen LogP contribution in [-0.2, 0) is 17.9 Å². The van der Waals surface area contributed by atoms with Gasteiger partial charge in [-0.2, -0.15) is 9.97 Å². The number of benzene rings is 2. The molecule has 4 aromatic rings. The molecule has 2 aromatic heterocycles. The predicted octanol–water partition coefficient (Wildman–Crippen LogP) is 7.54. The molecule has 1 fully saturated rings. The number of hydrogen-bond acceptors (Lipinski definition) is 5. The van der Waals surface area contributed by atoms with Gasteiger partial charge in [-0.1, -0.05) is 80.1 Å². The monoisotopic (exact) mass is 581 g/mol. The van der Waals surface area contributed by atoms with Crippen molar-refractivity contribution in [2.45, 2.75) is 64.1 Å². The topological polar surface area (TPSA) is 88.2 Å². The highest BCUT2D eigenvalue weighted by Gasteiger charge is 2.22. The number of hydrogen-bond donors (Lipinski definition) is 3. The molecule has 1 atom stereocenters. The van der Waals surface area contributed by atoms with Crippen LogP contribution in [0.25, 0.3) is 10.7 Å². The molecule has 0 bridgehead atoms. The van der Waals surface area contributed by atoms with E-state index in [1.807, 2.05) is 71.6 Å². The maximum absolute atomic E-state index is 13.1. The molecule has 0 saturated heterocycles. The van der Waals surface area contributed by atoms with E-state index in [9.17, 15) is 4.79 Å². The molecule has 1 aliphatic rings. The number of anilines is 2. The zero-order valence-corrected chi connectivity index (χ0v) is 24.4. The highest BCUT2D eigenvalue weighted by atomic mass is 35.5. The first-order chi connectivity index (χ1) is 20.5. The Bertz CT molecular complexity index is 1490. The van der Waals surface area contributed by atoms with Gasteiger partial charge in [-0.3, -0.25) is 4.79 Å². The molecule has 42 heavy (non-hydrogen) atoms. The Morgan fingerprint density at radius 2 is 1.76 bits per heavy atom. The maximum atomic E-state index is 13.1. The van der Waals surface area contributed by atoms with Gasteiger partial charge in [-0.15, -0.1) is 0 Å². The van der Waals surface area contributed by atoms with E-state index >= 15 is 0 Å². The van der Waals surface area contributed by atoms with Gasteiger partial charge in [0, 0.05) is 49.0 Å². The smallest absolute Gasteiger partial charge is 0.226 e. The van der Waals surface area contributed by atoms with Crippen molar-refractivity contribution in [2.24, 2.45) is 5.92 Å². The number of rotatable bonds is 12.